The molecular weight excluding hydrogens is 272 g/mol. The molecule has 2 heterocycles. The molecule has 21 heavy (non-hydrogen) atoms. The molecule has 1 atom stereocenters. The largest absolute Gasteiger partial charge is 0.458 e. The first-order valence-electron chi connectivity index (χ1n) is 7.21. The number of hydrogen-bond acceptors (Lipinski definition) is 5. The highest BCUT2D eigenvalue weighted by atomic mass is 16.6. The standard InChI is InChI=1S/C14H22N4O3/c1-14(2,3)21-13(20)11-5-4-7-18(11)12(19)6-8-17-10-15-9-16-17/h9-11H,4-8H2,1-3H3/t11-/m1/s1. The number of amides is 1. The molecule has 0 unspecified atom stereocenters. The molecular formula is C14H22N4O3. The predicted molar refractivity (Wildman–Crippen MR) is 75.2 cm³/mol. The number of aromatic nitrogens is 3. The smallest absolute Gasteiger partial charge is 0.329 e. The number of ether oxygens (including phenoxy) is 1. The lowest BCUT2D eigenvalue weighted by molar-refractivity contribution is -0.163. The van der Waals surface area contributed by atoms with Gasteiger partial charge in [-0.05, 0) is 33.6 Å². The molecule has 0 aromatic carbocycles. The van der Waals surface area contributed by atoms with Crippen LogP contribution in [-0.2, 0) is 20.9 Å². The highest BCUT2D eigenvalue weighted by Gasteiger charge is 2.36. The second-order valence-electron chi connectivity index (χ2n) is 6.19. The molecule has 0 saturated carbocycles. The van der Waals surface area contributed by atoms with Crippen molar-refractivity contribution in [3.63, 3.8) is 0 Å². The van der Waals surface area contributed by atoms with Crippen molar-refractivity contribution in [2.45, 2.75) is 58.2 Å². The fraction of sp³-hybridized carbons (Fsp3) is 0.714. The third-order valence-electron chi connectivity index (χ3n) is 3.27. The molecule has 7 heteroatoms. The normalized spacial score (nSPS) is 18.8. The van der Waals surface area contributed by atoms with E-state index in [1.54, 1.807) is 15.9 Å². The molecule has 1 saturated heterocycles. The van der Waals surface area contributed by atoms with Gasteiger partial charge in [0.15, 0.2) is 0 Å². The molecule has 1 aromatic rings. The third-order valence-corrected chi connectivity index (χ3v) is 3.27. The first-order chi connectivity index (χ1) is 9.87. The van der Waals surface area contributed by atoms with Gasteiger partial charge in [0.25, 0.3) is 0 Å². The van der Waals surface area contributed by atoms with Crippen molar-refractivity contribution in [1.29, 1.82) is 0 Å². The van der Waals surface area contributed by atoms with E-state index in [-0.39, 0.29) is 11.9 Å². The third kappa shape index (κ3) is 4.27. The lowest BCUT2D eigenvalue weighted by atomic mass is 10.1. The highest BCUT2D eigenvalue weighted by molar-refractivity contribution is 5.85. The van der Waals surface area contributed by atoms with Crippen LogP contribution in [0.2, 0.25) is 0 Å². The van der Waals surface area contributed by atoms with Crippen LogP contribution in [0.5, 0.6) is 0 Å². The minimum atomic E-state index is -0.533. The molecule has 1 amide bonds. The van der Waals surface area contributed by atoms with Gasteiger partial charge in [-0.1, -0.05) is 0 Å². The molecule has 0 spiro atoms. The summed E-state index contributed by atoms with van der Waals surface area (Å²) in [4.78, 5) is 29.9. The molecule has 7 nitrogen and oxygen atoms in total. The maximum atomic E-state index is 12.3. The quantitative estimate of drug-likeness (QED) is 0.774. The Morgan fingerprint density at radius 1 is 1.38 bits per heavy atom. The highest BCUT2D eigenvalue weighted by Crippen LogP contribution is 2.22. The number of likely N-dealkylation sites (tertiary alicyclic amines) is 1. The molecule has 0 N–H and O–H groups in total. The Bertz CT molecular complexity index is 493. The van der Waals surface area contributed by atoms with Gasteiger partial charge in [0.05, 0.1) is 6.54 Å². The Balaban J connectivity index is 1.91. The summed E-state index contributed by atoms with van der Waals surface area (Å²) in [6.07, 6.45) is 4.82. The fourth-order valence-corrected chi connectivity index (χ4v) is 2.38. The number of rotatable bonds is 4. The van der Waals surface area contributed by atoms with Crippen LogP contribution in [0, 0.1) is 0 Å². The lowest BCUT2D eigenvalue weighted by Gasteiger charge is -2.27. The maximum Gasteiger partial charge on any atom is 0.329 e. The van der Waals surface area contributed by atoms with E-state index >= 15 is 0 Å². The van der Waals surface area contributed by atoms with Gasteiger partial charge in [0.2, 0.25) is 5.91 Å². The van der Waals surface area contributed by atoms with Crippen molar-refractivity contribution >= 4 is 11.9 Å². The number of hydrogen-bond donors (Lipinski definition) is 0. The molecule has 2 rings (SSSR count). The zero-order valence-electron chi connectivity index (χ0n) is 12.8. The number of esters is 1. The van der Waals surface area contributed by atoms with Crippen LogP contribution in [-0.4, -0.2) is 49.7 Å². The van der Waals surface area contributed by atoms with Crippen molar-refractivity contribution in [1.82, 2.24) is 19.7 Å². The van der Waals surface area contributed by atoms with Crippen molar-refractivity contribution in [3.8, 4) is 0 Å². The fourth-order valence-electron chi connectivity index (χ4n) is 2.38. The van der Waals surface area contributed by atoms with Gasteiger partial charge < -0.3 is 9.64 Å². The van der Waals surface area contributed by atoms with Crippen LogP contribution in [0.3, 0.4) is 0 Å². The monoisotopic (exact) mass is 294 g/mol. The van der Waals surface area contributed by atoms with Crippen LogP contribution in [0.4, 0.5) is 0 Å². The van der Waals surface area contributed by atoms with Gasteiger partial charge in [0.1, 0.15) is 24.3 Å². The summed E-state index contributed by atoms with van der Waals surface area (Å²) in [5.74, 6) is -0.354. The van der Waals surface area contributed by atoms with Crippen LogP contribution in [0.1, 0.15) is 40.0 Å². The van der Waals surface area contributed by atoms with Gasteiger partial charge in [-0.25, -0.2) is 9.78 Å². The molecule has 0 bridgehead atoms. The summed E-state index contributed by atoms with van der Waals surface area (Å²) < 4.78 is 7.00. The van der Waals surface area contributed by atoms with Crippen molar-refractivity contribution in [2.75, 3.05) is 6.54 Å². The van der Waals surface area contributed by atoms with Gasteiger partial charge in [-0.2, -0.15) is 5.10 Å². The molecule has 0 aliphatic carbocycles. The first-order valence-corrected chi connectivity index (χ1v) is 7.21. The van der Waals surface area contributed by atoms with Crippen molar-refractivity contribution < 1.29 is 14.3 Å². The van der Waals surface area contributed by atoms with Gasteiger partial charge in [-0.15, -0.1) is 0 Å². The van der Waals surface area contributed by atoms with Crippen molar-refractivity contribution in [3.05, 3.63) is 12.7 Å². The molecule has 1 aromatic heterocycles. The number of carbonyl (C=O) groups is 2. The first kappa shape index (κ1) is 15.5. The summed E-state index contributed by atoms with van der Waals surface area (Å²) >= 11 is 0. The van der Waals surface area contributed by atoms with E-state index in [0.29, 0.717) is 25.9 Å². The van der Waals surface area contributed by atoms with Crippen LogP contribution < -0.4 is 0 Å². The average Bonchev–Trinajstić information content (AvgIpc) is 3.05. The topological polar surface area (TPSA) is 77.3 Å². The Labute approximate surface area is 124 Å². The van der Waals surface area contributed by atoms with E-state index in [0.717, 1.165) is 6.42 Å². The van der Waals surface area contributed by atoms with Gasteiger partial charge in [-0.3, -0.25) is 9.48 Å². The second kappa shape index (κ2) is 6.24. The summed E-state index contributed by atoms with van der Waals surface area (Å²) in [5, 5.41) is 3.96. The molecule has 116 valence electrons. The Kier molecular flexibility index (Phi) is 4.59. The van der Waals surface area contributed by atoms with Crippen LogP contribution >= 0.6 is 0 Å². The molecule has 1 fully saturated rings. The SMILES string of the molecule is CC(C)(C)OC(=O)[C@H]1CCCN1C(=O)CCn1cncn1. The van der Waals surface area contributed by atoms with E-state index in [4.69, 9.17) is 4.74 Å². The number of carbonyl (C=O) groups excluding carboxylic acids is 2. The Hall–Kier alpha value is -1.92. The molecule has 1 aliphatic heterocycles. The van der Waals surface area contributed by atoms with Crippen LogP contribution in [0.25, 0.3) is 0 Å². The van der Waals surface area contributed by atoms with E-state index in [1.807, 2.05) is 20.8 Å². The minimum absolute atomic E-state index is 0.0427. The summed E-state index contributed by atoms with van der Waals surface area (Å²) in [6, 6.07) is -0.451. The molecule has 1 aliphatic rings. The average molecular weight is 294 g/mol. The number of nitrogens with zero attached hydrogens (tertiary/aromatic N) is 4. The zero-order chi connectivity index (χ0) is 15.5. The van der Waals surface area contributed by atoms with E-state index < -0.39 is 11.6 Å². The van der Waals surface area contributed by atoms with E-state index in [9.17, 15) is 9.59 Å². The maximum absolute atomic E-state index is 12.3. The number of aryl methyl sites for hydroxylation is 1. The van der Waals surface area contributed by atoms with Gasteiger partial charge >= 0.3 is 5.97 Å². The summed E-state index contributed by atoms with van der Waals surface area (Å²) in [6.45, 7) is 6.57. The summed E-state index contributed by atoms with van der Waals surface area (Å²) in [5.41, 5.74) is -0.533. The second-order valence-corrected chi connectivity index (χ2v) is 6.19. The zero-order valence-corrected chi connectivity index (χ0v) is 12.8. The van der Waals surface area contributed by atoms with E-state index in [2.05, 4.69) is 10.1 Å². The van der Waals surface area contributed by atoms with Crippen LogP contribution in [0.15, 0.2) is 12.7 Å². The molecule has 0 radical (unpaired) electrons. The van der Waals surface area contributed by atoms with E-state index in [1.165, 1.54) is 6.33 Å². The summed E-state index contributed by atoms with van der Waals surface area (Å²) in [7, 11) is 0. The Morgan fingerprint density at radius 3 is 2.76 bits per heavy atom. The lowest BCUT2D eigenvalue weighted by Crippen LogP contribution is -2.43. The van der Waals surface area contributed by atoms with Gasteiger partial charge in [0, 0.05) is 13.0 Å². The predicted octanol–water partition coefficient (Wildman–Crippen LogP) is 1.00. The van der Waals surface area contributed by atoms with Crippen molar-refractivity contribution in [2.24, 2.45) is 0 Å². The minimum Gasteiger partial charge on any atom is -0.458 e. The Morgan fingerprint density at radius 2 is 2.14 bits per heavy atom.